The number of halogens is 1. The fourth-order valence-corrected chi connectivity index (χ4v) is 1.40. The maximum absolute atomic E-state index is 5.84. The minimum Gasteiger partial charge on any atom is -0.463 e. The second-order valence-corrected chi connectivity index (χ2v) is 3.42. The first-order valence-corrected chi connectivity index (χ1v) is 4.61. The quantitative estimate of drug-likeness (QED) is 0.723. The van der Waals surface area contributed by atoms with Gasteiger partial charge in [-0.1, -0.05) is 11.6 Å². The fourth-order valence-electron chi connectivity index (χ4n) is 1.22. The molecule has 0 aromatic carbocycles. The van der Waals surface area contributed by atoms with Crippen molar-refractivity contribution < 1.29 is 4.42 Å². The second kappa shape index (κ2) is 3.42. The van der Waals surface area contributed by atoms with Gasteiger partial charge in [-0.3, -0.25) is 0 Å². The van der Waals surface area contributed by atoms with Crippen LogP contribution >= 0.6 is 11.6 Å². The summed E-state index contributed by atoms with van der Waals surface area (Å²) in [6.45, 7) is 3.87. The third-order valence-corrected chi connectivity index (χ3v) is 2.58. The Labute approximate surface area is 86.7 Å². The van der Waals surface area contributed by atoms with Crippen molar-refractivity contribution in [2.24, 2.45) is 0 Å². The molecule has 72 valence electrons. The molecule has 0 spiro atoms. The summed E-state index contributed by atoms with van der Waals surface area (Å²) in [7, 11) is 0. The van der Waals surface area contributed by atoms with Gasteiger partial charge in [0.15, 0.2) is 10.9 Å². The van der Waals surface area contributed by atoms with Crippen LogP contribution in [-0.2, 0) is 0 Å². The predicted octanol–water partition coefficient (Wildman–Crippen LogP) is 3.01. The summed E-state index contributed by atoms with van der Waals surface area (Å²) in [6.07, 6.45) is 1.61. The normalized spacial score (nSPS) is 10.5. The van der Waals surface area contributed by atoms with Crippen molar-refractivity contribution in [1.29, 1.82) is 0 Å². The van der Waals surface area contributed by atoms with E-state index in [0.29, 0.717) is 5.15 Å². The summed E-state index contributed by atoms with van der Waals surface area (Å²) < 4.78 is 5.25. The molecule has 4 heteroatoms. The van der Waals surface area contributed by atoms with Gasteiger partial charge in [0, 0.05) is 0 Å². The topological polar surface area (TPSA) is 38.9 Å². The van der Waals surface area contributed by atoms with Gasteiger partial charge in [-0.15, -0.1) is 10.2 Å². The highest BCUT2D eigenvalue weighted by Gasteiger charge is 2.11. The van der Waals surface area contributed by atoms with Gasteiger partial charge in [-0.25, -0.2) is 0 Å². The molecule has 0 saturated heterocycles. The van der Waals surface area contributed by atoms with E-state index in [1.165, 1.54) is 0 Å². The van der Waals surface area contributed by atoms with Gasteiger partial charge in [0.25, 0.3) is 0 Å². The Balaban J connectivity index is 2.61. The number of hydrogen-bond donors (Lipinski definition) is 0. The maximum atomic E-state index is 5.84. The lowest BCUT2D eigenvalue weighted by Crippen LogP contribution is -1.95. The lowest BCUT2D eigenvalue weighted by molar-refractivity contribution is 0.578. The predicted molar refractivity (Wildman–Crippen MR) is 54.2 cm³/mol. The SMILES string of the molecule is Cc1c(Cl)nnc(-c2ccco2)c1C. The Morgan fingerprint density at radius 2 is 2.00 bits per heavy atom. The zero-order chi connectivity index (χ0) is 10.1. The number of rotatable bonds is 1. The Kier molecular flexibility index (Phi) is 2.25. The van der Waals surface area contributed by atoms with Crippen molar-refractivity contribution >= 4 is 11.6 Å². The zero-order valence-corrected chi connectivity index (χ0v) is 8.67. The van der Waals surface area contributed by atoms with E-state index in [-0.39, 0.29) is 0 Å². The average Bonchev–Trinajstić information content (AvgIpc) is 2.67. The Bertz CT molecular complexity index is 451. The van der Waals surface area contributed by atoms with Gasteiger partial charge >= 0.3 is 0 Å². The van der Waals surface area contributed by atoms with Crippen LogP contribution in [0.2, 0.25) is 5.15 Å². The van der Waals surface area contributed by atoms with Crippen LogP contribution in [0.5, 0.6) is 0 Å². The van der Waals surface area contributed by atoms with Crippen molar-refractivity contribution in [2.75, 3.05) is 0 Å². The standard InChI is InChI=1S/C10H9ClN2O/c1-6-7(2)10(11)13-12-9(6)8-4-3-5-14-8/h3-5H,1-2H3. The molecule has 2 aromatic rings. The first kappa shape index (κ1) is 9.21. The van der Waals surface area contributed by atoms with Crippen LogP contribution < -0.4 is 0 Å². The number of hydrogen-bond acceptors (Lipinski definition) is 3. The molecule has 0 atom stereocenters. The van der Waals surface area contributed by atoms with Crippen LogP contribution in [0, 0.1) is 13.8 Å². The molecule has 0 aliphatic heterocycles. The zero-order valence-electron chi connectivity index (χ0n) is 7.91. The molecular weight excluding hydrogens is 200 g/mol. The van der Waals surface area contributed by atoms with E-state index in [0.717, 1.165) is 22.6 Å². The van der Waals surface area contributed by atoms with Crippen molar-refractivity contribution in [3.8, 4) is 11.5 Å². The van der Waals surface area contributed by atoms with E-state index >= 15 is 0 Å². The molecule has 0 fully saturated rings. The Hall–Kier alpha value is -1.35. The summed E-state index contributed by atoms with van der Waals surface area (Å²) in [4.78, 5) is 0. The first-order valence-electron chi connectivity index (χ1n) is 4.23. The smallest absolute Gasteiger partial charge is 0.154 e. The molecule has 2 aromatic heterocycles. The Morgan fingerprint density at radius 1 is 1.21 bits per heavy atom. The van der Waals surface area contributed by atoms with Gasteiger partial charge in [0.05, 0.1) is 6.26 Å². The van der Waals surface area contributed by atoms with E-state index in [2.05, 4.69) is 10.2 Å². The lowest BCUT2D eigenvalue weighted by Gasteiger charge is -2.04. The summed E-state index contributed by atoms with van der Waals surface area (Å²) in [5, 5.41) is 8.30. The highest BCUT2D eigenvalue weighted by atomic mass is 35.5. The second-order valence-electron chi connectivity index (χ2n) is 3.07. The van der Waals surface area contributed by atoms with Gasteiger partial charge in [-0.05, 0) is 37.1 Å². The molecule has 14 heavy (non-hydrogen) atoms. The van der Waals surface area contributed by atoms with Crippen LogP contribution in [0.1, 0.15) is 11.1 Å². The van der Waals surface area contributed by atoms with E-state index in [9.17, 15) is 0 Å². The molecule has 0 aliphatic carbocycles. The molecular formula is C10H9ClN2O. The molecule has 0 N–H and O–H groups in total. The van der Waals surface area contributed by atoms with Gasteiger partial charge in [0.1, 0.15) is 5.69 Å². The van der Waals surface area contributed by atoms with E-state index < -0.39 is 0 Å². The minimum atomic E-state index is 0.442. The van der Waals surface area contributed by atoms with Crippen LogP contribution in [0.15, 0.2) is 22.8 Å². The monoisotopic (exact) mass is 208 g/mol. The van der Waals surface area contributed by atoms with Gasteiger partial charge in [-0.2, -0.15) is 0 Å². The summed E-state index contributed by atoms with van der Waals surface area (Å²) in [5.74, 6) is 0.717. The van der Waals surface area contributed by atoms with E-state index in [4.69, 9.17) is 16.0 Å². The third-order valence-electron chi connectivity index (χ3n) is 2.22. The number of furan rings is 1. The Morgan fingerprint density at radius 3 is 2.64 bits per heavy atom. The van der Waals surface area contributed by atoms with E-state index in [1.807, 2.05) is 26.0 Å². The third kappa shape index (κ3) is 1.40. The van der Waals surface area contributed by atoms with Crippen LogP contribution in [0.4, 0.5) is 0 Å². The fraction of sp³-hybridized carbons (Fsp3) is 0.200. The van der Waals surface area contributed by atoms with Crippen molar-refractivity contribution in [2.45, 2.75) is 13.8 Å². The largest absolute Gasteiger partial charge is 0.463 e. The van der Waals surface area contributed by atoms with Crippen molar-refractivity contribution in [3.05, 3.63) is 34.7 Å². The molecule has 0 radical (unpaired) electrons. The highest BCUT2D eigenvalue weighted by molar-refractivity contribution is 6.30. The molecule has 0 saturated carbocycles. The molecule has 2 rings (SSSR count). The maximum Gasteiger partial charge on any atom is 0.154 e. The molecule has 2 heterocycles. The molecule has 3 nitrogen and oxygen atoms in total. The number of aromatic nitrogens is 2. The minimum absolute atomic E-state index is 0.442. The van der Waals surface area contributed by atoms with E-state index in [1.54, 1.807) is 6.26 Å². The van der Waals surface area contributed by atoms with Crippen LogP contribution in [0.3, 0.4) is 0 Å². The first-order chi connectivity index (χ1) is 6.70. The van der Waals surface area contributed by atoms with Crippen molar-refractivity contribution in [1.82, 2.24) is 10.2 Å². The van der Waals surface area contributed by atoms with Gasteiger partial charge < -0.3 is 4.42 Å². The molecule has 0 aliphatic rings. The molecule has 0 unspecified atom stereocenters. The molecule has 0 bridgehead atoms. The van der Waals surface area contributed by atoms with Crippen LogP contribution in [0.25, 0.3) is 11.5 Å². The summed E-state index contributed by atoms with van der Waals surface area (Å²) in [6, 6.07) is 3.67. The van der Waals surface area contributed by atoms with Crippen molar-refractivity contribution in [3.63, 3.8) is 0 Å². The number of nitrogens with zero attached hydrogens (tertiary/aromatic N) is 2. The summed E-state index contributed by atoms with van der Waals surface area (Å²) in [5.41, 5.74) is 2.69. The highest BCUT2D eigenvalue weighted by Crippen LogP contribution is 2.25. The van der Waals surface area contributed by atoms with Crippen LogP contribution in [-0.4, -0.2) is 10.2 Å². The summed E-state index contributed by atoms with van der Waals surface area (Å²) >= 11 is 5.84. The molecule has 0 amide bonds. The lowest BCUT2D eigenvalue weighted by atomic mass is 10.1. The average molecular weight is 209 g/mol. The van der Waals surface area contributed by atoms with Gasteiger partial charge in [0.2, 0.25) is 0 Å².